The number of unbranched alkanes of at least 4 members (excludes halogenated alkanes) is 12. The Balaban J connectivity index is 2.78. The summed E-state index contributed by atoms with van der Waals surface area (Å²) in [5.41, 5.74) is 1.06. The highest BCUT2D eigenvalue weighted by molar-refractivity contribution is 6.04. The van der Waals surface area contributed by atoms with Gasteiger partial charge in [0.25, 0.3) is 17.7 Å². The van der Waals surface area contributed by atoms with Crippen LogP contribution < -0.4 is 16.0 Å². The summed E-state index contributed by atoms with van der Waals surface area (Å²) in [5, 5.41) is 8.85. The van der Waals surface area contributed by atoms with Crippen LogP contribution >= 0.6 is 0 Å². The van der Waals surface area contributed by atoms with Crippen LogP contribution in [0.2, 0.25) is 0 Å². The van der Waals surface area contributed by atoms with E-state index in [-0.39, 0.29) is 17.7 Å². The maximum atomic E-state index is 12.8. The normalized spacial score (nSPS) is 10.8. The van der Waals surface area contributed by atoms with E-state index in [1.807, 2.05) is 0 Å². The smallest absolute Gasteiger partial charge is 0.251 e. The quantitative estimate of drug-likeness (QED) is 0.162. The molecular weight excluding hydrogens is 450 g/mol. The zero-order valence-electron chi connectivity index (χ0n) is 23.2. The van der Waals surface area contributed by atoms with Gasteiger partial charge in [0.05, 0.1) is 0 Å². The first-order valence-corrected chi connectivity index (χ1v) is 14.5. The van der Waals surface area contributed by atoms with Gasteiger partial charge in [-0.3, -0.25) is 14.4 Å². The Kier molecular flexibility index (Phi) is 18.3. The van der Waals surface area contributed by atoms with Crippen molar-refractivity contribution in [2.24, 2.45) is 0 Å². The summed E-state index contributed by atoms with van der Waals surface area (Å²) in [5.74, 6) is -0.727. The summed E-state index contributed by atoms with van der Waals surface area (Å²) in [6.45, 7) is 8.31. The molecule has 204 valence electrons. The molecule has 0 unspecified atom stereocenters. The number of benzene rings is 1. The number of nitrogens with one attached hydrogen (secondary N) is 3. The van der Waals surface area contributed by atoms with Gasteiger partial charge in [0.1, 0.15) is 0 Å². The number of hydrogen-bond donors (Lipinski definition) is 3. The molecule has 0 radical (unpaired) electrons. The average molecular weight is 502 g/mol. The third-order valence-corrected chi connectivity index (χ3v) is 6.42. The molecular formula is C30H51N3O3. The molecule has 0 atom stereocenters. The summed E-state index contributed by atoms with van der Waals surface area (Å²) < 4.78 is 0. The minimum Gasteiger partial charge on any atom is -0.352 e. The van der Waals surface area contributed by atoms with Crippen molar-refractivity contribution >= 4 is 17.7 Å². The first-order valence-electron chi connectivity index (χ1n) is 14.5. The first kappa shape index (κ1) is 31.7. The maximum Gasteiger partial charge on any atom is 0.251 e. The van der Waals surface area contributed by atoms with Crippen LogP contribution in [0.4, 0.5) is 0 Å². The van der Waals surface area contributed by atoms with Crippen LogP contribution in [-0.4, -0.2) is 37.4 Å². The van der Waals surface area contributed by atoms with Crippen LogP contribution in [0.15, 0.2) is 18.2 Å². The molecule has 1 aromatic carbocycles. The molecule has 1 aromatic rings. The molecule has 0 aliphatic heterocycles. The largest absolute Gasteiger partial charge is 0.352 e. The molecule has 0 spiro atoms. The molecule has 36 heavy (non-hydrogen) atoms. The van der Waals surface area contributed by atoms with E-state index >= 15 is 0 Å². The van der Waals surface area contributed by atoms with Gasteiger partial charge in [-0.05, 0) is 37.5 Å². The van der Waals surface area contributed by atoms with E-state index in [1.54, 1.807) is 18.2 Å². The molecule has 1 rings (SSSR count). The lowest BCUT2D eigenvalue weighted by Crippen LogP contribution is -2.29. The predicted octanol–water partition coefficient (Wildman–Crippen LogP) is 6.79. The van der Waals surface area contributed by atoms with Gasteiger partial charge in [0.2, 0.25) is 0 Å². The van der Waals surface area contributed by atoms with Crippen LogP contribution in [0.25, 0.3) is 0 Å². The van der Waals surface area contributed by atoms with E-state index in [9.17, 15) is 14.4 Å². The summed E-state index contributed by atoms with van der Waals surface area (Å²) in [6, 6.07) is 4.79. The van der Waals surface area contributed by atoms with Crippen LogP contribution in [0.3, 0.4) is 0 Å². The van der Waals surface area contributed by atoms with Gasteiger partial charge < -0.3 is 16.0 Å². The molecule has 0 bridgehead atoms. The minimum atomic E-state index is -0.242. The lowest BCUT2D eigenvalue weighted by molar-refractivity contribution is 0.0952. The minimum absolute atomic E-state index is 0.242. The molecule has 0 aromatic heterocycles. The third-order valence-electron chi connectivity index (χ3n) is 6.42. The Bertz CT molecular complexity index is 652. The first-order chi connectivity index (χ1) is 17.5. The fourth-order valence-corrected chi connectivity index (χ4v) is 4.12. The summed E-state index contributed by atoms with van der Waals surface area (Å²) >= 11 is 0. The van der Waals surface area contributed by atoms with Gasteiger partial charge >= 0.3 is 0 Å². The molecule has 6 heteroatoms. The van der Waals surface area contributed by atoms with Crippen LogP contribution in [0.1, 0.15) is 148 Å². The van der Waals surface area contributed by atoms with Crippen molar-refractivity contribution in [3.8, 4) is 0 Å². The zero-order valence-corrected chi connectivity index (χ0v) is 23.2. The SMILES string of the molecule is CCCCCCCNC(=O)c1cc(C(=O)NCCCCCCC)cc(C(=O)NCCCCCCC)c1. The molecule has 0 fully saturated rings. The Morgan fingerprint density at radius 1 is 0.444 bits per heavy atom. The van der Waals surface area contributed by atoms with Gasteiger partial charge in [0.15, 0.2) is 0 Å². The molecule has 0 saturated heterocycles. The van der Waals surface area contributed by atoms with E-state index in [4.69, 9.17) is 0 Å². The van der Waals surface area contributed by atoms with Crippen molar-refractivity contribution in [3.63, 3.8) is 0 Å². The number of carbonyl (C=O) groups is 3. The molecule has 0 aliphatic rings. The highest BCUT2D eigenvalue weighted by Crippen LogP contribution is 2.13. The molecule has 0 heterocycles. The van der Waals surface area contributed by atoms with E-state index < -0.39 is 0 Å². The van der Waals surface area contributed by atoms with Crippen molar-refractivity contribution in [3.05, 3.63) is 34.9 Å². The van der Waals surface area contributed by atoms with Gasteiger partial charge in [0, 0.05) is 36.3 Å². The fraction of sp³-hybridized carbons (Fsp3) is 0.700. The second-order valence-electron chi connectivity index (χ2n) is 9.81. The number of rotatable bonds is 21. The number of hydrogen-bond acceptors (Lipinski definition) is 3. The Morgan fingerprint density at radius 2 is 0.694 bits per heavy atom. The van der Waals surface area contributed by atoms with Crippen molar-refractivity contribution in [2.45, 2.75) is 117 Å². The van der Waals surface area contributed by atoms with Gasteiger partial charge in [-0.15, -0.1) is 0 Å². The van der Waals surface area contributed by atoms with Crippen LogP contribution in [0.5, 0.6) is 0 Å². The lowest BCUT2D eigenvalue weighted by atomic mass is 10.0. The van der Waals surface area contributed by atoms with Crippen molar-refractivity contribution in [1.82, 2.24) is 16.0 Å². The Morgan fingerprint density at radius 3 is 0.944 bits per heavy atom. The fourth-order valence-electron chi connectivity index (χ4n) is 4.12. The predicted molar refractivity (Wildman–Crippen MR) is 150 cm³/mol. The standard InChI is InChI=1S/C30H51N3O3/c1-4-7-10-13-16-19-31-28(34)25-22-26(29(35)32-20-17-14-11-8-5-2)24-27(23-25)30(36)33-21-18-15-12-9-6-3/h22-24H,4-21H2,1-3H3,(H,31,34)(H,32,35)(H,33,36). The van der Waals surface area contributed by atoms with Gasteiger partial charge in [-0.2, -0.15) is 0 Å². The molecule has 3 amide bonds. The molecule has 3 N–H and O–H groups in total. The second kappa shape index (κ2) is 20.8. The molecule has 0 aliphatic carbocycles. The Labute approximate surface area is 219 Å². The summed E-state index contributed by atoms with van der Waals surface area (Å²) in [4.78, 5) is 38.5. The van der Waals surface area contributed by atoms with E-state index in [1.165, 1.54) is 57.8 Å². The van der Waals surface area contributed by atoms with Crippen molar-refractivity contribution in [2.75, 3.05) is 19.6 Å². The van der Waals surface area contributed by atoms with Gasteiger partial charge in [-0.1, -0.05) is 97.8 Å². The lowest BCUT2D eigenvalue weighted by Gasteiger charge is -2.12. The number of amides is 3. The highest BCUT2D eigenvalue weighted by atomic mass is 16.2. The second-order valence-corrected chi connectivity index (χ2v) is 9.81. The van der Waals surface area contributed by atoms with E-state index in [0.717, 1.165) is 38.5 Å². The van der Waals surface area contributed by atoms with E-state index in [0.29, 0.717) is 36.3 Å². The number of carbonyl (C=O) groups excluding carboxylic acids is 3. The summed E-state index contributed by atoms with van der Waals surface area (Å²) in [6.07, 6.45) is 16.7. The maximum absolute atomic E-state index is 12.8. The van der Waals surface area contributed by atoms with Gasteiger partial charge in [-0.25, -0.2) is 0 Å². The topological polar surface area (TPSA) is 87.3 Å². The Hall–Kier alpha value is -2.37. The monoisotopic (exact) mass is 501 g/mol. The molecule has 6 nitrogen and oxygen atoms in total. The van der Waals surface area contributed by atoms with E-state index in [2.05, 4.69) is 36.7 Å². The zero-order chi connectivity index (χ0) is 26.4. The summed E-state index contributed by atoms with van der Waals surface area (Å²) in [7, 11) is 0. The van der Waals surface area contributed by atoms with Crippen molar-refractivity contribution in [1.29, 1.82) is 0 Å². The van der Waals surface area contributed by atoms with Crippen LogP contribution in [-0.2, 0) is 0 Å². The highest BCUT2D eigenvalue weighted by Gasteiger charge is 2.16. The molecule has 0 saturated carbocycles. The third kappa shape index (κ3) is 14.3. The average Bonchev–Trinajstić information content (AvgIpc) is 2.89. The van der Waals surface area contributed by atoms with Crippen molar-refractivity contribution < 1.29 is 14.4 Å². The van der Waals surface area contributed by atoms with Crippen LogP contribution in [0, 0.1) is 0 Å².